The Morgan fingerprint density at radius 3 is 2.56 bits per heavy atom. The van der Waals surface area contributed by atoms with Crippen molar-refractivity contribution in [3.05, 3.63) is 52.5 Å². The number of benzene rings is 2. The zero-order chi connectivity index (χ0) is 20.0. The highest BCUT2D eigenvalue weighted by atomic mass is 79.9. The highest BCUT2D eigenvalue weighted by molar-refractivity contribution is 9.10. The lowest BCUT2D eigenvalue weighted by atomic mass is 10.2. The lowest BCUT2D eigenvalue weighted by Crippen LogP contribution is -2.29. The third-order valence-electron chi connectivity index (χ3n) is 3.89. The molecule has 8 heteroatoms. The first-order chi connectivity index (χ1) is 12.7. The van der Waals surface area contributed by atoms with E-state index in [0.29, 0.717) is 41.1 Å². The number of rotatable bonds is 8. The Bertz CT molecular complexity index is 914. The molecule has 0 radical (unpaired) electrons. The van der Waals surface area contributed by atoms with Crippen molar-refractivity contribution in [2.45, 2.75) is 11.3 Å². The summed E-state index contributed by atoms with van der Waals surface area (Å²) in [4.78, 5) is 14.4. The van der Waals surface area contributed by atoms with Gasteiger partial charge in [0.2, 0.25) is 0 Å². The normalized spacial score (nSPS) is 11.1. The van der Waals surface area contributed by atoms with Gasteiger partial charge in [-0.15, -0.1) is 0 Å². The standard InChI is InChI=1S/C19H22BrNO5S/c1-21(19(22)17-13-14(25-2)8-9-18(17)20)10-5-11-26-15-6-4-7-16(12-15)27(3,23)24/h4,6-9,12-13H,5,10-11H2,1-3H3. The Hall–Kier alpha value is -2.06. The Balaban J connectivity index is 1.89. The van der Waals surface area contributed by atoms with Crippen LogP contribution in [-0.2, 0) is 9.84 Å². The van der Waals surface area contributed by atoms with Crippen LogP contribution < -0.4 is 9.47 Å². The second-order valence-corrected chi connectivity index (χ2v) is 8.89. The van der Waals surface area contributed by atoms with Gasteiger partial charge in [-0.2, -0.15) is 0 Å². The quantitative estimate of drug-likeness (QED) is 0.570. The monoisotopic (exact) mass is 455 g/mol. The molecule has 0 atom stereocenters. The first kappa shape index (κ1) is 21.2. The number of methoxy groups -OCH3 is 1. The molecule has 0 spiro atoms. The van der Waals surface area contributed by atoms with Crippen LogP contribution in [0, 0.1) is 0 Å². The maximum atomic E-state index is 12.6. The lowest BCUT2D eigenvalue weighted by Gasteiger charge is -2.18. The number of sulfone groups is 1. The molecule has 0 unspecified atom stereocenters. The van der Waals surface area contributed by atoms with E-state index in [2.05, 4.69) is 15.9 Å². The molecule has 146 valence electrons. The molecule has 1 amide bonds. The SMILES string of the molecule is COc1ccc(Br)c(C(=O)N(C)CCCOc2cccc(S(C)(=O)=O)c2)c1. The molecule has 0 aromatic heterocycles. The van der Waals surface area contributed by atoms with Crippen molar-refractivity contribution < 1.29 is 22.7 Å². The number of amides is 1. The summed E-state index contributed by atoms with van der Waals surface area (Å²) in [6.45, 7) is 0.859. The van der Waals surface area contributed by atoms with Crippen LogP contribution in [0.2, 0.25) is 0 Å². The van der Waals surface area contributed by atoms with E-state index in [1.807, 2.05) is 0 Å². The summed E-state index contributed by atoms with van der Waals surface area (Å²) in [6, 6.07) is 11.6. The van der Waals surface area contributed by atoms with Crippen molar-refractivity contribution in [2.75, 3.05) is 33.6 Å². The lowest BCUT2D eigenvalue weighted by molar-refractivity contribution is 0.0786. The van der Waals surface area contributed by atoms with Crippen LogP contribution in [0.25, 0.3) is 0 Å². The summed E-state index contributed by atoms with van der Waals surface area (Å²) in [5.74, 6) is 0.978. The topological polar surface area (TPSA) is 72.9 Å². The molecular weight excluding hydrogens is 434 g/mol. The van der Waals surface area contributed by atoms with Gasteiger partial charge < -0.3 is 14.4 Å². The molecule has 0 aliphatic heterocycles. The molecule has 2 aromatic carbocycles. The number of carbonyl (C=O) groups is 1. The van der Waals surface area contributed by atoms with E-state index >= 15 is 0 Å². The van der Waals surface area contributed by atoms with Gasteiger partial charge in [0.25, 0.3) is 5.91 Å². The van der Waals surface area contributed by atoms with Gasteiger partial charge in [-0.05, 0) is 58.7 Å². The molecule has 0 bridgehead atoms. The van der Waals surface area contributed by atoms with Gasteiger partial charge >= 0.3 is 0 Å². The van der Waals surface area contributed by atoms with Crippen LogP contribution in [0.15, 0.2) is 51.8 Å². The van der Waals surface area contributed by atoms with Crippen molar-refractivity contribution in [1.29, 1.82) is 0 Å². The molecular formula is C19H22BrNO5S. The highest BCUT2D eigenvalue weighted by Crippen LogP contribution is 2.23. The van der Waals surface area contributed by atoms with E-state index in [4.69, 9.17) is 9.47 Å². The molecule has 0 aliphatic rings. The molecule has 6 nitrogen and oxygen atoms in total. The molecule has 2 aromatic rings. The molecule has 2 rings (SSSR count). The van der Waals surface area contributed by atoms with Crippen LogP contribution >= 0.6 is 15.9 Å². The fourth-order valence-electron chi connectivity index (χ4n) is 2.39. The minimum Gasteiger partial charge on any atom is -0.497 e. The Morgan fingerprint density at radius 2 is 1.89 bits per heavy atom. The number of nitrogens with zero attached hydrogens (tertiary/aromatic N) is 1. The van der Waals surface area contributed by atoms with Gasteiger partial charge in [0.15, 0.2) is 9.84 Å². The molecule has 0 N–H and O–H groups in total. The summed E-state index contributed by atoms with van der Waals surface area (Å²) in [5, 5.41) is 0. The average molecular weight is 456 g/mol. The van der Waals surface area contributed by atoms with Gasteiger partial charge in [-0.1, -0.05) is 6.07 Å². The van der Waals surface area contributed by atoms with Gasteiger partial charge in [0.1, 0.15) is 11.5 Å². The zero-order valence-electron chi connectivity index (χ0n) is 15.4. The first-order valence-electron chi connectivity index (χ1n) is 8.24. The maximum Gasteiger partial charge on any atom is 0.254 e. The first-order valence-corrected chi connectivity index (χ1v) is 10.9. The fourth-order valence-corrected chi connectivity index (χ4v) is 3.46. The number of halogens is 1. The van der Waals surface area contributed by atoms with E-state index in [9.17, 15) is 13.2 Å². The van der Waals surface area contributed by atoms with Crippen molar-refractivity contribution in [2.24, 2.45) is 0 Å². The number of carbonyl (C=O) groups excluding carboxylic acids is 1. The van der Waals surface area contributed by atoms with Crippen LogP contribution in [-0.4, -0.2) is 52.8 Å². The largest absolute Gasteiger partial charge is 0.497 e. The van der Waals surface area contributed by atoms with Gasteiger partial charge in [-0.25, -0.2) is 8.42 Å². The van der Waals surface area contributed by atoms with E-state index in [-0.39, 0.29) is 10.8 Å². The summed E-state index contributed by atoms with van der Waals surface area (Å²) < 4.78 is 34.6. The number of hydrogen-bond donors (Lipinski definition) is 0. The van der Waals surface area contributed by atoms with Crippen LogP contribution in [0.3, 0.4) is 0 Å². The second-order valence-electron chi connectivity index (χ2n) is 6.02. The van der Waals surface area contributed by atoms with Crippen LogP contribution in [0.5, 0.6) is 11.5 Å². The average Bonchev–Trinajstić information content (AvgIpc) is 2.64. The van der Waals surface area contributed by atoms with Gasteiger partial charge in [0.05, 0.1) is 24.2 Å². The minimum atomic E-state index is -3.27. The number of hydrogen-bond acceptors (Lipinski definition) is 5. The molecule has 0 fully saturated rings. The highest BCUT2D eigenvalue weighted by Gasteiger charge is 2.16. The summed E-state index contributed by atoms with van der Waals surface area (Å²) in [7, 11) is 0.00498. The molecule has 0 aliphatic carbocycles. The van der Waals surface area contributed by atoms with Crippen LogP contribution in [0.1, 0.15) is 16.8 Å². The van der Waals surface area contributed by atoms with Gasteiger partial charge in [0, 0.05) is 24.3 Å². The predicted molar refractivity (Wildman–Crippen MR) is 107 cm³/mol. The van der Waals surface area contributed by atoms with Crippen LogP contribution in [0.4, 0.5) is 0 Å². The Kier molecular flexibility index (Phi) is 7.26. The zero-order valence-corrected chi connectivity index (χ0v) is 17.8. The molecule has 0 saturated heterocycles. The Labute approximate surface area is 168 Å². The summed E-state index contributed by atoms with van der Waals surface area (Å²) >= 11 is 3.39. The van der Waals surface area contributed by atoms with Gasteiger partial charge in [-0.3, -0.25) is 4.79 Å². The third-order valence-corrected chi connectivity index (χ3v) is 5.69. The third kappa shape index (κ3) is 5.97. The van der Waals surface area contributed by atoms with Crippen molar-refractivity contribution in [1.82, 2.24) is 4.90 Å². The van der Waals surface area contributed by atoms with Crippen molar-refractivity contribution >= 4 is 31.7 Å². The maximum absolute atomic E-state index is 12.6. The van der Waals surface area contributed by atoms with E-state index < -0.39 is 9.84 Å². The van der Waals surface area contributed by atoms with E-state index in [0.717, 1.165) is 6.26 Å². The summed E-state index contributed by atoms with van der Waals surface area (Å²) in [5.41, 5.74) is 0.527. The van der Waals surface area contributed by atoms with E-state index in [1.54, 1.807) is 49.4 Å². The van der Waals surface area contributed by atoms with Crippen molar-refractivity contribution in [3.8, 4) is 11.5 Å². The number of ether oxygens (including phenoxy) is 2. The minimum absolute atomic E-state index is 0.125. The molecule has 0 saturated carbocycles. The molecule has 27 heavy (non-hydrogen) atoms. The fraction of sp³-hybridized carbons (Fsp3) is 0.316. The smallest absolute Gasteiger partial charge is 0.254 e. The van der Waals surface area contributed by atoms with E-state index in [1.165, 1.54) is 12.1 Å². The summed E-state index contributed by atoms with van der Waals surface area (Å²) in [6.07, 6.45) is 1.76. The van der Waals surface area contributed by atoms with Crippen molar-refractivity contribution in [3.63, 3.8) is 0 Å². The molecule has 0 heterocycles. The Morgan fingerprint density at radius 1 is 1.15 bits per heavy atom. The predicted octanol–water partition coefficient (Wildman–Crippen LogP) is 3.40. The second kappa shape index (κ2) is 9.23.